The van der Waals surface area contributed by atoms with E-state index in [2.05, 4.69) is 20.8 Å². The Bertz CT molecular complexity index is 918. The maximum absolute atomic E-state index is 12.3. The Labute approximate surface area is 155 Å². The lowest BCUT2D eigenvalue weighted by Crippen LogP contribution is -2.35. The Morgan fingerprint density at radius 2 is 2.04 bits per heavy atom. The van der Waals surface area contributed by atoms with Crippen LogP contribution < -0.4 is 15.5 Å². The molecule has 3 rings (SSSR count). The van der Waals surface area contributed by atoms with E-state index >= 15 is 0 Å². The number of benzene rings is 2. The molecule has 0 saturated carbocycles. The van der Waals surface area contributed by atoms with Gasteiger partial charge in [0.2, 0.25) is 0 Å². The first-order valence-electron chi connectivity index (χ1n) is 8.17. The van der Waals surface area contributed by atoms with E-state index in [1.165, 1.54) is 11.3 Å². The highest BCUT2D eigenvalue weighted by Gasteiger charge is 2.14. The van der Waals surface area contributed by atoms with Crippen LogP contribution in [-0.4, -0.2) is 29.8 Å². The second-order valence-electron chi connectivity index (χ2n) is 5.76. The lowest BCUT2D eigenvalue weighted by atomic mass is 10.1. The van der Waals surface area contributed by atoms with Gasteiger partial charge in [-0.15, -0.1) is 0 Å². The number of hydrazone groups is 1. The number of carbonyl (C=O) groups excluding carboxylic acids is 1. The number of hydrogen-bond donors (Lipinski definition) is 2. The van der Waals surface area contributed by atoms with Crippen LogP contribution in [0.2, 0.25) is 0 Å². The highest BCUT2D eigenvalue weighted by molar-refractivity contribution is 7.22. The molecule has 0 saturated heterocycles. The summed E-state index contributed by atoms with van der Waals surface area (Å²) in [6, 6.07) is 14.9. The van der Waals surface area contributed by atoms with E-state index in [4.69, 9.17) is 4.74 Å². The molecule has 0 aliphatic carbocycles. The van der Waals surface area contributed by atoms with Gasteiger partial charge >= 0.3 is 0 Å². The Morgan fingerprint density at radius 3 is 2.81 bits per heavy atom. The van der Waals surface area contributed by atoms with Gasteiger partial charge in [0, 0.05) is 5.56 Å². The third kappa shape index (κ3) is 4.18. The fraction of sp³-hybridized carbons (Fsp3) is 0.211. The van der Waals surface area contributed by atoms with Gasteiger partial charge in [0.1, 0.15) is 11.8 Å². The highest BCUT2D eigenvalue weighted by atomic mass is 32.1. The zero-order valence-electron chi connectivity index (χ0n) is 14.8. The molecular weight excluding hydrogens is 348 g/mol. The molecule has 1 aromatic heterocycles. The maximum atomic E-state index is 12.3. The normalized spacial score (nSPS) is 12.7. The minimum Gasteiger partial charge on any atom is -0.497 e. The molecule has 0 bridgehead atoms. The first kappa shape index (κ1) is 17.9. The van der Waals surface area contributed by atoms with Gasteiger partial charge in [0.05, 0.1) is 23.0 Å². The van der Waals surface area contributed by atoms with Crippen LogP contribution in [0.1, 0.15) is 19.4 Å². The number of carbonyl (C=O) groups is 1. The minimum atomic E-state index is -0.461. The molecule has 2 N–H and O–H groups in total. The number of rotatable bonds is 6. The third-order valence-electron chi connectivity index (χ3n) is 3.85. The summed E-state index contributed by atoms with van der Waals surface area (Å²) in [5.41, 5.74) is 5.10. The van der Waals surface area contributed by atoms with Gasteiger partial charge < -0.3 is 10.1 Å². The molecule has 3 aromatic rings. The van der Waals surface area contributed by atoms with Crippen LogP contribution in [-0.2, 0) is 4.79 Å². The first-order valence-corrected chi connectivity index (χ1v) is 8.99. The van der Waals surface area contributed by atoms with E-state index in [-0.39, 0.29) is 5.91 Å². The van der Waals surface area contributed by atoms with E-state index in [1.807, 2.05) is 55.5 Å². The van der Waals surface area contributed by atoms with E-state index in [9.17, 15) is 4.79 Å². The lowest BCUT2D eigenvalue weighted by Gasteiger charge is -2.11. The van der Waals surface area contributed by atoms with Crippen LogP contribution in [0.15, 0.2) is 53.6 Å². The van der Waals surface area contributed by atoms with Crippen LogP contribution in [0.3, 0.4) is 0 Å². The number of amides is 1. The quantitative estimate of drug-likeness (QED) is 0.514. The van der Waals surface area contributed by atoms with E-state index < -0.39 is 6.04 Å². The number of aromatic nitrogens is 1. The Balaban J connectivity index is 1.63. The molecule has 0 aliphatic heterocycles. The van der Waals surface area contributed by atoms with Crippen molar-refractivity contribution in [3.8, 4) is 5.75 Å². The highest BCUT2D eigenvalue weighted by Crippen LogP contribution is 2.25. The zero-order valence-corrected chi connectivity index (χ0v) is 15.6. The average Bonchev–Trinajstić information content (AvgIpc) is 3.07. The fourth-order valence-corrected chi connectivity index (χ4v) is 3.29. The summed E-state index contributed by atoms with van der Waals surface area (Å²) in [7, 11) is 1.61. The van der Waals surface area contributed by atoms with Crippen LogP contribution in [0.25, 0.3) is 10.2 Å². The first-order chi connectivity index (χ1) is 12.6. The summed E-state index contributed by atoms with van der Waals surface area (Å²) >= 11 is 1.52. The molecule has 1 amide bonds. The largest absolute Gasteiger partial charge is 0.497 e. The van der Waals surface area contributed by atoms with Gasteiger partial charge in [-0.2, -0.15) is 5.10 Å². The van der Waals surface area contributed by atoms with Crippen molar-refractivity contribution in [2.45, 2.75) is 19.9 Å². The van der Waals surface area contributed by atoms with Crippen LogP contribution >= 0.6 is 11.3 Å². The maximum Gasteiger partial charge on any atom is 0.262 e. The van der Waals surface area contributed by atoms with Crippen molar-refractivity contribution in [1.82, 2.24) is 10.4 Å². The number of thiazole rings is 1. The molecule has 0 aliphatic rings. The van der Waals surface area contributed by atoms with Crippen LogP contribution in [0, 0.1) is 0 Å². The molecule has 7 heteroatoms. The molecule has 0 spiro atoms. The molecule has 1 atom stereocenters. The minimum absolute atomic E-state index is 0.230. The molecule has 0 radical (unpaired) electrons. The smallest absolute Gasteiger partial charge is 0.262 e. The van der Waals surface area contributed by atoms with Crippen molar-refractivity contribution in [2.24, 2.45) is 5.10 Å². The Kier molecular flexibility index (Phi) is 5.48. The zero-order chi connectivity index (χ0) is 18.5. The van der Waals surface area contributed by atoms with Crippen LogP contribution in [0.4, 0.5) is 5.13 Å². The summed E-state index contributed by atoms with van der Waals surface area (Å²) in [5, 5.41) is 8.01. The predicted molar refractivity (Wildman–Crippen MR) is 106 cm³/mol. The van der Waals surface area contributed by atoms with Crippen molar-refractivity contribution < 1.29 is 9.53 Å². The Morgan fingerprint density at radius 1 is 1.23 bits per heavy atom. The molecule has 0 fully saturated rings. The van der Waals surface area contributed by atoms with Gasteiger partial charge in [0.15, 0.2) is 5.13 Å². The number of anilines is 1. The fourth-order valence-electron chi connectivity index (χ4n) is 2.33. The van der Waals surface area contributed by atoms with Crippen molar-refractivity contribution >= 4 is 38.3 Å². The van der Waals surface area contributed by atoms with Gasteiger partial charge in [-0.1, -0.05) is 35.6 Å². The average molecular weight is 368 g/mol. The van der Waals surface area contributed by atoms with Crippen molar-refractivity contribution in [1.29, 1.82) is 0 Å². The van der Waals surface area contributed by atoms with Gasteiger partial charge in [-0.25, -0.2) is 10.4 Å². The SMILES string of the molecule is COc1cccc(/C(C)=N\NC(=O)[C@H](C)Nc2nc3ccccc3s2)c1. The molecule has 26 heavy (non-hydrogen) atoms. The molecule has 6 nitrogen and oxygen atoms in total. The molecule has 0 unspecified atom stereocenters. The van der Waals surface area contributed by atoms with E-state index in [0.29, 0.717) is 10.8 Å². The second-order valence-corrected chi connectivity index (χ2v) is 6.79. The number of methoxy groups -OCH3 is 1. The van der Waals surface area contributed by atoms with Crippen molar-refractivity contribution in [3.05, 3.63) is 54.1 Å². The summed E-state index contributed by atoms with van der Waals surface area (Å²) in [4.78, 5) is 16.8. The number of nitrogens with one attached hydrogen (secondary N) is 2. The van der Waals surface area contributed by atoms with Gasteiger partial charge in [0.25, 0.3) is 5.91 Å². The molecule has 2 aromatic carbocycles. The number of nitrogens with zero attached hydrogens (tertiary/aromatic N) is 2. The molecular formula is C19H20N4O2S. The monoisotopic (exact) mass is 368 g/mol. The van der Waals surface area contributed by atoms with Crippen molar-refractivity contribution in [2.75, 3.05) is 12.4 Å². The number of para-hydroxylation sites is 1. The molecule has 1 heterocycles. The summed E-state index contributed by atoms with van der Waals surface area (Å²) in [6.07, 6.45) is 0. The predicted octanol–water partition coefficient (Wildman–Crippen LogP) is 3.65. The van der Waals surface area contributed by atoms with Gasteiger partial charge in [-0.05, 0) is 38.1 Å². The standard InChI is InChI=1S/C19H20N4O2S/c1-12(14-7-6-8-15(11-14)25-3)22-23-18(24)13(2)20-19-21-16-9-4-5-10-17(16)26-19/h4-11,13H,1-3H3,(H,20,21)(H,23,24)/b22-12-/t13-/m0/s1. The molecule has 134 valence electrons. The van der Waals surface area contributed by atoms with E-state index in [1.54, 1.807) is 14.0 Å². The summed E-state index contributed by atoms with van der Waals surface area (Å²) in [5.74, 6) is 0.515. The second kappa shape index (κ2) is 7.97. The lowest BCUT2D eigenvalue weighted by molar-refractivity contribution is -0.121. The topological polar surface area (TPSA) is 75.6 Å². The van der Waals surface area contributed by atoms with E-state index in [0.717, 1.165) is 21.5 Å². The Hall–Kier alpha value is -2.93. The summed E-state index contributed by atoms with van der Waals surface area (Å²) in [6.45, 7) is 3.61. The number of fused-ring (bicyclic) bond motifs is 1. The van der Waals surface area contributed by atoms with Crippen molar-refractivity contribution in [3.63, 3.8) is 0 Å². The summed E-state index contributed by atoms with van der Waals surface area (Å²) < 4.78 is 6.28. The third-order valence-corrected chi connectivity index (χ3v) is 4.82. The van der Waals surface area contributed by atoms with Crippen LogP contribution in [0.5, 0.6) is 5.75 Å². The number of ether oxygens (including phenoxy) is 1. The van der Waals surface area contributed by atoms with Gasteiger partial charge in [-0.3, -0.25) is 4.79 Å². The number of hydrogen-bond acceptors (Lipinski definition) is 6.